The third-order valence-electron chi connectivity index (χ3n) is 4.27. The first kappa shape index (κ1) is 15.5. The number of morpholine rings is 1. The van der Waals surface area contributed by atoms with Gasteiger partial charge in [-0.15, -0.1) is 0 Å². The lowest BCUT2D eigenvalue weighted by Crippen LogP contribution is -2.45. The number of hydrogen-bond acceptors (Lipinski definition) is 5. The summed E-state index contributed by atoms with van der Waals surface area (Å²) >= 11 is 0. The molecule has 2 aliphatic rings. The van der Waals surface area contributed by atoms with E-state index in [1.54, 1.807) is 0 Å². The average molecular weight is 308 g/mol. The summed E-state index contributed by atoms with van der Waals surface area (Å²) in [5.74, 6) is 1.77. The molecule has 1 aromatic rings. The Balaban J connectivity index is 1.63. The molecule has 1 N–H and O–H groups in total. The van der Waals surface area contributed by atoms with E-state index in [2.05, 4.69) is 10.2 Å². The molecule has 0 saturated carbocycles. The van der Waals surface area contributed by atoms with E-state index in [9.17, 15) is 4.79 Å². The molecule has 2 unspecified atom stereocenters. The summed E-state index contributed by atoms with van der Waals surface area (Å²) < 4.78 is 16.6. The predicted octanol–water partition coefficient (Wildman–Crippen LogP) is 1.26. The first-order valence-corrected chi connectivity index (χ1v) is 8.01. The van der Waals surface area contributed by atoms with Crippen molar-refractivity contribution in [2.24, 2.45) is 0 Å². The Morgan fingerprint density at radius 2 is 2.18 bits per heavy atom. The Morgan fingerprint density at radius 1 is 1.36 bits per heavy atom. The average Bonchev–Trinajstić information content (AvgIpc) is 3.20. The van der Waals surface area contributed by atoms with Gasteiger partial charge in [-0.1, -0.05) is 0 Å². The standard InChI is InChI=1S/C16H24N2O4/c1-12-4-5-14(22-12)13(18-6-9-20-10-7-18)11-17-16(19)15-3-2-8-21-15/h4-5,13,15H,2-3,6-11H2,1H3,(H,17,19). The molecular weight excluding hydrogens is 284 g/mol. The molecule has 6 nitrogen and oxygen atoms in total. The zero-order valence-electron chi connectivity index (χ0n) is 13.0. The first-order chi connectivity index (χ1) is 10.7. The van der Waals surface area contributed by atoms with E-state index >= 15 is 0 Å². The van der Waals surface area contributed by atoms with Crippen LogP contribution in [0.1, 0.15) is 30.4 Å². The number of rotatable bonds is 5. The lowest BCUT2D eigenvalue weighted by atomic mass is 10.1. The highest BCUT2D eigenvalue weighted by Crippen LogP contribution is 2.23. The summed E-state index contributed by atoms with van der Waals surface area (Å²) in [5.41, 5.74) is 0. The normalized spacial score (nSPS) is 24.3. The van der Waals surface area contributed by atoms with Gasteiger partial charge in [0.2, 0.25) is 5.91 Å². The molecule has 1 amide bonds. The topological polar surface area (TPSA) is 63.9 Å². The smallest absolute Gasteiger partial charge is 0.249 e. The Bertz CT molecular complexity index is 490. The molecule has 0 aromatic carbocycles. The van der Waals surface area contributed by atoms with Gasteiger partial charge < -0.3 is 19.2 Å². The number of amides is 1. The summed E-state index contributed by atoms with van der Waals surface area (Å²) in [7, 11) is 0. The Morgan fingerprint density at radius 3 is 2.82 bits per heavy atom. The van der Waals surface area contributed by atoms with Crippen molar-refractivity contribution in [3.63, 3.8) is 0 Å². The van der Waals surface area contributed by atoms with Gasteiger partial charge in [0, 0.05) is 26.2 Å². The SMILES string of the molecule is Cc1ccc(C(CNC(=O)C2CCCO2)N2CCOCC2)o1. The summed E-state index contributed by atoms with van der Waals surface area (Å²) in [5, 5.41) is 3.02. The fourth-order valence-electron chi connectivity index (χ4n) is 3.03. The van der Waals surface area contributed by atoms with E-state index < -0.39 is 0 Å². The third kappa shape index (κ3) is 3.69. The van der Waals surface area contributed by atoms with E-state index in [1.165, 1.54) is 0 Å². The summed E-state index contributed by atoms with van der Waals surface area (Å²) in [6.07, 6.45) is 1.49. The molecule has 3 rings (SSSR count). The largest absolute Gasteiger partial charge is 0.465 e. The summed E-state index contributed by atoms with van der Waals surface area (Å²) in [6, 6.07) is 4.00. The first-order valence-electron chi connectivity index (χ1n) is 8.01. The van der Waals surface area contributed by atoms with Crippen LogP contribution in [0.4, 0.5) is 0 Å². The van der Waals surface area contributed by atoms with Crippen LogP contribution in [0.15, 0.2) is 16.5 Å². The molecule has 0 radical (unpaired) electrons. The number of hydrogen-bond donors (Lipinski definition) is 1. The van der Waals surface area contributed by atoms with Crippen molar-refractivity contribution in [3.05, 3.63) is 23.7 Å². The second kappa shape index (κ2) is 7.26. The maximum atomic E-state index is 12.2. The second-order valence-corrected chi connectivity index (χ2v) is 5.86. The fourth-order valence-corrected chi connectivity index (χ4v) is 3.03. The minimum Gasteiger partial charge on any atom is -0.465 e. The van der Waals surface area contributed by atoms with Gasteiger partial charge in [-0.3, -0.25) is 9.69 Å². The van der Waals surface area contributed by atoms with Crippen LogP contribution >= 0.6 is 0 Å². The van der Waals surface area contributed by atoms with Crippen molar-refractivity contribution in [1.82, 2.24) is 10.2 Å². The van der Waals surface area contributed by atoms with Gasteiger partial charge in [0.25, 0.3) is 0 Å². The molecule has 2 atom stereocenters. The minimum absolute atomic E-state index is 0.0148. The van der Waals surface area contributed by atoms with Crippen LogP contribution < -0.4 is 5.32 Å². The van der Waals surface area contributed by atoms with Crippen molar-refractivity contribution in [1.29, 1.82) is 0 Å². The zero-order chi connectivity index (χ0) is 15.4. The van der Waals surface area contributed by atoms with Crippen LogP contribution in [-0.2, 0) is 14.3 Å². The molecule has 2 saturated heterocycles. The number of furan rings is 1. The molecular formula is C16H24N2O4. The van der Waals surface area contributed by atoms with Crippen molar-refractivity contribution < 1.29 is 18.7 Å². The molecule has 3 heterocycles. The number of carbonyl (C=O) groups is 1. The number of nitrogens with zero attached hydrogens (tertiary/aromatic N) is 1. The monoisotopic (exact) mass is 308 g/mol. The van der Waals surface area contributed by atoms with Crippen LogP contribution in [-0.4, -0.2) is 56.4 Å². The highest BCUT2D eigenvalue weighted by molar-refractivity contribution is 5.81. The molecule has 0 bridgehead atoms. The maximum absolute atomic E-state index is 12.2. The number of aryl methyl sites for hydroxylation is 1. The Labute approximate surface area is 130 Å². The Kier molecular flexibility index (Phi) is 5.12. The summed E-state index contributed by atoms with van der Waals surface area (Å²) in [4.78, 5) is 14.5. The van der Waals surface area contributed by atoms with Crippen LogP contribution in [0.5, 0.6) is 0 Å². The molecule has 22 heavy (non-hydrogen) atoms. The van der Waals surface area contributed by atoms with Gasteiger partial charge in [-0.2, -0.15) is 0 Å². The van der Waals surface area contributed by atoms with Gasteiger partial charge in [0.1, 0.15) is 17.6 Å². The van der Waals surface area contributed by atoms with Gasteiger partial charge in [-0.05, 0) is 31.9 Å². The highest BCUT2D eigenvalue weighted by Gasteiger charge is 2.28. The molecule has 0 spiro atoms. The third-order valence-corrected chi connectivity index (χ3v) is 4.27. The van der Waals surface area contributed by atoms with E-state index in [4.69, 9.17) is 13.9 Å². The quantitative estimate of drug-likeness (QED) is 0.887. The van der Waals surface area contributed by atoms with Gasteiger partial charge in [0.15, 0.2) is 0 Å². The number of carbonyl (C=O) groups excluding carboxylic acids is 1. The number of ether oxygens (including phenoxy) is 2. The number of nitrogens with one attached hydrogen (secondary N) is 1. The van der Waals surface area contributed by atoms with E-state index in [0.29, 0.717) is 13.2 Å². The fraction of sp³-hybridized carbons (Fsp3) is 0.688. The van der Waals surface area contributed by atoms with Gasteiger partial charge in [-0.25, -0.2) is 0 Å². The molecule has 122 valence electrons. The molecule has 6 heteroatoms. The molecule has 0 aliphatic carbocycles. The van der Waals surface area contributed by atoms with E-state index in [1.807, 2.05) is 19.1 Å². The predicted molar refractivity (Wildman–Crippen MR) is 80.6 cm³/mol. The maximum Gasteiger partial charge on any atom is 0.249 e. The molecule has 2 fully saturated rings. The van der Waals surface area contributed by atoms with Crippen molar-refractivity contribution in [2.75, 3.05) is 39.5 Å². The van der Waals surface area contributed by atoms with Crippen LogP contribution in [0.3, 0.4) is 0 Å². The van der Waals surface area contributed by atoms with E-state index in [-0.39, 0.29) is 18.1 Å². The van der Waals surface area contributed by atoms with Crippen LogP contribution in [0.2, 0.25) is 0 Å². The van der Waals surface area contributed by atoms with Crippen molar-refractivity contribution >= 4 is 5.91 Å². The van der Waals surface area contributed by atoms with E-state index in [0.717, 1.165) is 50.7 Å². The van der Waals surface area contributed by atoms with Crippen LogP contribution in [0, 0.1) is 6.92 Å². The van der Waals surface area contributed by atoms with Gasteiger partial charge in [0.05, 0.1) is 19.3 Å². The minimum atomic E-state index is -0.288. The lowest BCUT2D eigenvalue weighted by Gasteiger charge is -2.33. The van der Waals surface area contributed by atoms with Crippen LogP contribution in [0.25, 0.3) is 0 Å². The molecule has 1 aromatic heterocycles. The Hall–Kier alpha value is -1.37. The zero-order valence-corrected chi connectivity index (χ0v) is 13.0. The van der Waals surface area contributed by atoms with Crippen molar-refractivity contribution in [2.45, 2.75) is 31.9 Å². The molecule has 2 aliphatic heterocycles. The summed E-state index contributed by atoms with van der Waals surface area (Å²) in [6.45, 7) is 6.28. The highest BCUT2D eigenvalue weighted by atomic mass is 16.5. The lowest BCUT2D eigenvalue weighted by molar-refractivity contribution is -0.130. The van der Waals surface area contributed by atoms with Gasteiger partial charge >= 0.3 is 0 Å². The second-order valence-electron chi connectivity index (χ2n) is 5.86. The van der Waals surface area contributed by atoms with Crippen molar-refractivity contribution in [3.8, 4) is 0 Å².